The molecule has 3 aromatic rings. The Kier molecular flexibility index (Phi) is 8.57. The van der Waals surface area contributed by atoms with Crippen LogP contribution in [0.5, 0.6) is 0 Å². The number of hydrogen-bond acceptors (Lipinski definition) is 5. The molecule has 0 unspecified atom stereocenters. The molecular formula is C31H36BrN5O2. The molecule has 0 atom stereocenters. The van der Waals surface area contributed by atoms with E-state index in [-0.39, 0.29) is 11.1 Å². The number of carbonyl (C=O) groups is 1. The van der Waals surface area contributed by atoms with Gasteiger partial charge in [-0.1, -0.05) is 43.0 Å². The molecule has 2 aromatic heterocycles. The summed E-state index contributed by atoms with van der Waals surface area (Å²) in [5.74, 6) is 1.52. The molecule has 2 N–H and O–H groups in total. The first-order valence-electron chi connectivity index (χ1n) is 13.1. The SMILES string of the molecule is C=CC1=C(/C=C\C)Nc2ncccc2-n2c1nc(Br)c2-c1ccc(C2(NC=O)CCC2)cc1.COC(C)(C)C. The van der Waals surface area contributed by atoms with Gasteiger partial charge in [-0.05, 0) is 86.7 Å². The molecular weight excluding hydrogens is 554 g/mol. The Morgan fingerprint density at radius 1 is 1.21 bits per heavy atom. The van der Waals surface area contributed by atoms with Crippen molar-refractivity contribution in [1.82, 2.24) is 19.9 Å². The summed E-state index contributed by atoms with van der Waals surface area (Å²) in [4.78, 5) is 20.6. The molecule has 1 aliphatic carbocycles. The standard InChI is InChI=1S/C26H24BrN5O.C5H12O/c1-3-7-20-19(4-2)25-31-23(27)22(32(25)21-8-5-15-28-24(21)30-20)17-9-11-18(12-10-17)26(29-16-33)13-6-14-26;1-5(2,3)6-4/h3-5,7-12,15-16H,2,6,13-14H2,1H3,(H,28,30)(H,29,33);1-4H3/b7-3-;. The highest BCUT2D eigenvalue weighted by atomic mass is 79.9. The Hall–Kier alpha value is -3.49. The van der Waals surface area contributed by atoms with Crippen molar-refractivity contribution >= 4 is 33.7 Å². The Labute approximate surface area is 239 Å². The third-order valence-electron chi connectivity index (χ3n) is 7.05. The van der Waals surface area contributed by atoms with E-state index in [1.807, 2.05) is 58.1 Å². The van der Waals surface area contributed by atoms with Crippen LogP contribution in [-0.2, 0) is 15.1 Å². The summed E-state index contributed by atoms with van der Waals surface area (Å²) >= 11 is 3.71. The Bertz CT molecular complexity index is 1410. The number of allylic oxidation sites excluding steroid dienone is 4. The molecule has 2 aliphatic rings. The second kappa shape index (κ2) is 11.7. The molecule has 1 aromatic carbocycles. The number of rotatable bonds is 6. The van der Waals surface area contributed by atoms with Gasteiger partial charge in [0.25, 0.3) is 0 Å². The van der Waals surface area contributed by atoms with Gasteiger partial charge in [-0.2, -0.15) is 0 Å². The lowest BCUT2D eigenvalue weighted by atomic mass is 9.72. The molecule has 8 heteroatoms. The van der Waals surface area contributed by atoms with Crippen LogP contribution in [0.15, 0.2) is 77.7 Å². The van der Waals surface area contributed by atoms with Crippen molar-refractivity contribution < 1.29 is 9.53 Å². The van der Waals surface area contributed by atoms with E-state index in [0.29, 0.717) is 0 Å². The van der Waals surface area contributed by atoms with Crippen LogP contribution >= 0.6 is 15.9 Å². The highest BCUT2D eigenvalue weighted by Crippen LogP contribution is 2.43. The van der Waals surface area contributed by atoms with Crippen LogP contribution in [0.3, 0.4) is 0 Å². The first-order valence-corrected chi connectivity index (χ1v) is 13.8. The lowest BCUT2D eigenvalue weighted by Crippen LogP contribution is -2.47. The number of aromatic nitrogens is 3. The summed E-state index contributed by atoms with van der Waals surface area (Å²) in [7, 11) is 1.71. The monoisotopic (exact) mass is 589 g/mol. The minimum atomic E-state index is -0.244. The number of ether oxygens (including phenoxy) is 1. The topological polar surface area (TPSA) is 81.1 Å². The predicted octanol–water partition coefficient (Wildman–Crippen LogP) is 7.15. The van der Waals surface area contributed by atoms with Crippen LogP contribution < -0.4 is 10.6 Å². The minimum absolute atomic E-state index is 0.0417. The fourth-order valence-corrected chi connectivity index (χ4v) is 5.23. The summed E-state index contributed by atoms with van der Waals surface area (Å²) < 4.78 is 7.79. The van der Waals surface area contributed by atoms with E-state index in [9.17, 15) is 4.79 Å². The Morgan fingerprint density at radius 3 is 2.44 bits per heavy atom. The number of pyridine rings is 1. The third kappa shape index (κ3) is 5.77. The molecule has 204 valence electrons. The minimum Gasteiger partial charge on any atom is -0.379 e. The van der Waals surface area contributed by atoms with Gasteiger partial charge < -0.3 is 15.4 Å². The average molecular weight is 591 g/mol. The summed E-state index contributed by atoms with van der Waals surface area (Å²) in [5.41, 5.74) is 5.55. The van der Waals surface area contributed by atoms with Crippen LogP contribution in [0.4, 0.5) is 5.82 Å². The molecule has 1 saturated carbocycles. The number of methoxy groups -OCH3 is 1. The quantitative estimate of drug-likeness (QED) is 0.298. The van der Waals surface area contributed by atoms with E-state index in [2.05, 4.69) is 67.0 Å². The highest BCUT2D eigenvalue weighted by Gasteiger charge is 2.38. The zero-order valence-electron chi connectivity index (χ0n) is 23.2. The second-order valence-corrected chi connectivity index (χ2v) is 11.3. The lowest BCUT2D eigenvalue weighted by Gasteiger charge is -2.42. The van der Waals surface area contributed by atoms with Crippen LogP contribution in [0.1, 0.15) is 58.3 Å². The molecule has 0 spiro atoms. The maximum absolute atomic E-state index is 11.2. The fraction of sp³-hybridized carbons (Fsp3) is 0.323. The number of halogens is 1. The van der Waals surface area contributed by atoms with E-state index in [4.69, 9.17) is 9.72 Å². The zero-order chi connectivity index (χ0) is 28.2. The van der Waals surface area contributed by atoms with Gasteiger partial charge in [0, 0.05) is 24.4 Å². The molecule has 0 bridgehead atoms. The second-order valence-electron chi connectivity index (χ2n) is 10.5. The molecule has 1 aliphatic heterocycles. The van der Waals surface area contributed by atoms with E-state index >= 15 is 0 Å². The fourth-order valence-electron chi connectivity index (χ4n) is 4.65. The van der Waals surface area contributed by atoms with Crippen molar-refractivity contribution in [3.8, 4) is 16.9 Å². The van der Waals surface area contributed by atoms with Crippen LogP contribution in [-0.4, -0.2) is 33.7 Å². The maximum atomic E-state index is 11.2. The van der Waals surface area contributed by atoms with Gasteiger partial charge >= 0.3 is 0 Å². The third-order valence-corrected chi connectivity index (χ3v) is 7.60. The zero-order valence-corrected chi connectivity index (χ0v) is 24.8. The number of fused-ring (bicyclic) bond motifs is 3. The van der Waals surface area contributed by atoms with Gasteiger partial charge in [-0.25, -0.2) is 9.97 Å². The van der Waals surface area contributed by atoms with Crippen molar-refractivity contribution in [2.24, 2.45) is 0 Å². The Balaban J connectivity index is 0.000000531. The van der Waals surface area contributed by atoms with Gasteiger partial charge in [0.05, 0.1) is 28.2 Å². The number of carbonyl (C=O) groups excluding carboxylic acids is 1. The molecule has 0 radical (unpaired) electrons. The van der Waals surface area contributed by atoms with E-state index < -0.39 is 0 Å². The number of amides is 1. The van der Waals surface area contributed by atoms with Gasteiger partial charge in [-0.15, -0.1) is 0 Å². The van der Waals surface area contributed by atoms with E-state index in [1.54, 1.807) is 13.3 Å². The molecule has 5 rings (SSSR count). The highest BCUT2D eigenvalue weighted by molar-refractivity contribution is 9.10. The largest absolute Gasteiger partial charge is 0.379 e. The molecule has 3 heterocycles. The molecule has 39 heavy (non-hydrogen) atoms. The predicted molar refractivity (Wildman–Crippen MR) is 162 cm³/mol. The maximum Gasteiger partial charge on any atom is 0.207 e. The van der Waals surface area contributed by atoms with Crippen molar-refractivity contribution in [3.63, 3.8) is 0 Å². The summed E-state index contributed by atoms with van der Waals surface area (Å²) in [6.07, 6.45) is 11.4. The van der Waals surface area contributed by atoms with Gasteiger partial charge in [0.15, 0.2) is 5.82 Å². The summed E-state index contributed by atoms with van der Waals surface area (Å²) in [5, 5.41) is 6.48. The van der Waals surface area contributed by atoms with Gasteiger partial charge in [-0.3, -0.25) is 9.36 Å². The first-order chi connectivity index (χ1) is 18.7. The number of nitrogens with zero attached hydrogens (tertiary/aromatic N) is 3. The molecule has 1 fully saturated rings. The van der Waals surface area contributed by atoms with E-state index in [0.717, 1.165) is 75.7 Å². The number of imidazole rings is 1. The number of nitrogens with one attached hydrogen (secondary N) is 2. The van der Waals surface area contributed by atoms with Crippen molar-refractivity contribution in [2.75, 3.05) is 12.4 Å². The smallest absolute Gasteiger partial charge is 0.207 e. The molecule has 7 nitrogen and oxygen atoms in total. The van der Waals surface area contributed by atoms with Crippen molar-refractivity contribution in [3.05, 3.63) is 89.1 Å². The van der Waals surface area contributed by atoms with Crippen molar-refractivity contribution in [2.45, 2.75) is 58.1 Å². The van der Waals surface area contributed by atoms with E-state index in [1.165, 1.54) is 0 Å². The Morgan fingerprint density at radius 2 is 1.90 bits per heavy atom. The normalized spacial score (nSPS) is 15.6. The number of benzene rings is 1. The molecule has 1 amide bonds. The number of anilines is 1. The summed E-state index contributed by atoms with van der Waals surface area (Å²) in [6.45, 7) is 12.1. The molecule has 0 saturated heterocycles. The van der Waals surface area contributed by atoms with Crippen LogP contribution in [0.2, 0.25) is 0 Å². The summed E-state index contributed by atoms with van der Waals surface area (Å²) in [6, 6.07) is 12.3. The number of hydrogen-bond donors (Lipinski definition) is 2. The van der Waals surface area contributed by atoms with Gasteiger partial charge in [0.2, 0.25) is 6.41 Å². The first kappa shape index (κ1) is 28.5. The average Bonchev–Trinajstić information content (AvgIpc) is 3.17. The van der Waals surface area contributed by atoms with Crippen LogP contribution in [0.25, 0.3) is 22.5 Å². The van der Waals surface area contributed by atoms with Crippen LogP contribution in [0, 0.1) is 0 Å². The van der Waals surface area contributed by atoms with Gasteiger partial charge in [0.1, 0.15) is 10.4 Å². The lowest BCUT2D eigenvalue weighted by molar-refractivity contribution is -0.112. The van der Waals surface area contributed by atoms with Crippen molar-refractivity contribution in [1.29, 1.82) is 0 Å².